The third kappa shape index (κ3) is 1.95. The van der Waals surface area contributed by atoms with Crippen molar-refractivity contribution >= 4 is 11.0 Å². The van der Waals surface area contributed by atoms with E-state index in [9.17, 15) is 13.2 Å². The fraction of sp³-hybridized carbons (Fsp3) is 0.133. The minimum atomic E-state index is -4.39. The smallest absolute Gasteiger partial charge is 0.296 e. The Kier molecular flexibility index (Phi) is 2.78. The molecule has 102 valence electrons. The lowest BCUT2D eigenvalue weighted by Crippen LogP contribution is -2.11. The summed E-state index contributed by atoms with van der Waals surface area (Å²) >= 11 is 0. The van der Waals surface area contributed by atoms with Gasteiger partial charge in [-0.3, -0.25) is 4.57 Å². The maximum absolute atomic E-state index is 13.1. The summed E-state index contributed by atoms with van der Waals surface area (Å²) in [5.41, 5.74) is 0.793. The number of hydrogen-bond acceptors (Lipinski definition) is 1. The van der Waals surface area contributed by atoms with Crippen LogP contribution in [0, 0.1) is 6.92 Å². The highest BCUT2D eigenvalue weighted by atomic mass is 19.4. The van der Waals surface area contributed by atoms with E-state index in [0.717, 1.165) is 6.07 Å². The van der Waals surface area contributed by atoms with Gasteiger partial charge < -0.3 is 0 Å². The zero-order valence-corrected chi connectivity index (χ0v) is 10.6. The Morgan fingerprint density at radius 1 is 0.950 bits per heavy atom. The Bertz CT molecular complexity index is 772. The Hall–Kier alpha value is -2.30. The number of nitrogens with zero attached hydrogens (tertiary/aromatic N) is 2. The predicted molar refractivity (Wildman–Crippen MR) is 70.8 cm³/mol. The number of aryl methyl sites for hydroxylation is 1. The Morgan fingerprint density at radius 2 is 1.60 bits per heavy atom. The van der Waals surface area contributed by atoms with Gasteiger partial charge in [-0.25, -0.2) is 4.98 Å². The number of rotatable bonds is 1. The molecule has 3 rings (SSSR count). The zero-order valence-electron chi connectivity index (χ0n) is 10.6. The van der Waals surface area contributed by atoms with Crippen LogP contribution in [0.3, 0.4) is 0 Å². The molecule has 0 aliphatic carbocycles. The van der Waals surface area contributed by atoms with Crippen LogP contribution in [0.1, 0.15) is 11.4 Å². The van der Waals surface area contributed by atoms with Gasteiger partial charge >= 0.3 is 6.18 Å². The average Bonchev–Trinajstić information content (AvgIpc) is 2.73. The van der Waals surface area contributed by atoms with Gasteiger partial charge in [-0.2, -0.15) is 13.2 Å². The number of benzene rings is 2. The van der Waals surface area contributed by atoms with Crippen LogP contribution in [-0.2, 0) is 6.18 Å². The molecule has 0 aliphatic heterocycles. The minimum absolute atomic E-state index is 0.103. The number of imidazole rings is 1. The van der Waals surface area contributed by atoms with Crippen LogP contribution < -0.4 is 0 Å². The molecule has 20 heavy (non-hydrogen) atoms. The van der Waals surface area contributed by atoms with Gasteiger partial charge in [0.15, 0.2) is 0 Å². The van der Waals surface area contributed by atoms with Crippen LogP contribution in [0.25, 0.3) is 16.7 Å². The molecule has 0 spiro atoms. The Labute approximate surface area is 113 Å². The molecular weight excluding hydrogens is 265 g/mol. The van der Waals surface area contributed by atoms with Crippen LogP contribution >= 0.6 is 0 Å². The first-order valence-corrected chi connectivity index (χ1v) is 6.09. The molecule has 0 aliphatic rings. The number of fused-ring (bicyclic) bond motifs is 1. The second kappa shape index (κ2) is 4.37. The minimum Gasteiger partial charge on any atom is -0.296 e. The SMILES string of the molecule is Cc1nc2ccccc2n1-c1ccccc1C(F)(F)F. The first kappa shape index (κ1) is 12.7. The lowest BCUT2D eigenvalue weighted by atomic mass is 10.1. The van der Waals surface area contributed by atoms with E-state index in [1.54, 1.807) is 31.2 Å². The third-order valence-electron chi connectivity index (χ3n) is 3.18. The van der Waals surface area contributed by atoms with Crippen molar-refractivity contribution in [3.05, 3.63) is 59.9 Å². The number of hydrogen-bond donors (Lipinski definition) is 0. The monoisotopic (exact) mass is 276 g/mol. The van der Waals surface area contributed by atoms with E-state index in [1.807, 2.05) is 6.07 Å². The summed E-state index contributed by atoms with van der Waals surface area (Å²) in [7, 11) is 0. The highest BCUT2D eigenvalue weighted by molar-refractivity contribution is 5.78. The molecule has 0 saturated heterocycles. The fourth-order valence-corrected chi connectivity index (χ4v) is 2.36. The predicted octanol–water partition coefficient (Wildman–Crippen LogP) is 4.35. The van der Waals surface area contributed by atoms with Crippen molar-refractivity contribution in [2.75, 3.05) is 0 Å². The Balaban J connectivity index is 2.35. The summed E-state index contributed by atoms with van der Waals surface area (Å²) in [6.07, 6.45) is -4.39. The topological polar surface area (TPSA) is 17.8 Å². The van der Waals surface area contributed by atoms with Crippen molar-refractivity contribution in [3.8, 4) is 5.69 Å². The summed E-state index contributed by atoms with van der Waals surface area (Å²) in [5, 5.41) is 0. The van der Waals surface area contributed by atoms with Crippen molar-refractivity contribution in [3.63, 3.8) is 0 Å². The van der Waals surface area contributed by atoms with Gasteiger partial charge in [-0.1, -0.05) is 24.3 Å². The molecule has 1 aromatic heterocycles. The van der Waals surface area contributed by atoms with Gasteiger partial charge in [0.25, 0.3) is 0 Å². The second-order valence-electron chi connectivity index (χ2n) is 4.50. The number of aromatic nitrogens is 2. The van der Waals surface area contributed by atoms with Gasteiger partial charge in [-0.05, 0) is 31.2 Å². The molecule has 0 atom stereocenters. The van der Waals surface area contributed by atoms with E-state index >= 15 is 0 Å². The molecule has 0 fully saturated rings. The van der Waals surface area contributed by atoms with Crippen LogP contribution in [-0.4, -0.2) is 9.55 Å². The second-order valence-corrected chi connectivity index (χ2v) is 4.50. The lowest BCUT2D eigenvalue weighted by Gasteiger charge is -2.15. The highest BCUT2D eigenvalue weighted by Crippen LogP contribution is 2.35. The molecule has 1 heterocycles. The van der Waals surface area contributed by atoms with E-state index in [-0.39, 0.29) is 5.69 Å². The number of alkyl halides is 3. The molecular formula is C15H11F3N2. The van der Waals surface area contributed by atoms with Crippen molar-refractivity contribution in [1.29, 1.82) is 0 Å². The number of halogens is 3. The molecule has 0 saturated carbocycles. The normalized spacial score (nSPS) is 12.0. The lowest BCUT2D eigenvalue weighted by molar-refractivity contribution is -0.137. The van der Waals surface area contributed by atoms with Crippen molar-refractivity contribution in [1.82, 2.24) is 9.55 Å². The molecule has 2 aromatic carbocycles. The summed E-state index contributed by atoms with van der Waals surface area (Å²) in [4.78, 5) is 4.31. The molecule has 0 unspecified atom stereocenters. The molecule has 0 bridgehead atoms. The highest BCUT2D eigenvalue weighted by Gasteiger charge is 2.34. The molecule has 0 amide bonds. The van der Waals surface area contributed by atoms with Crippen LogP contribution in [0.4, 0.5) is 13.2 Å². The van der Waals surface area contributed by atoms with Crippen molar-refractivity contribution in [2.24, 2.45) is 0 Å². The van der Waals surface area contributed by atoms with E-state index in [2.05, 4.69) is 4.98 Å². The van der Waals surface area contributed by atoms with Crippen LogP contribution in [0.15, 0.2) is 48.5 Å². The summed E-state index contributed by atoms with van der Waals surface area (Å²) in [5.74, 6) is 0.530. The van der Waals surface area contributed by atoms with E-state index in [1.165, 1.54) is 16.7 Å². The largest absolute Gasteiger partial charge is 0.418 e. The quantitative estimate of drug-likeness (QED) is 0.646. The summed E-state index contributed by atoms with van der Waals surface area (Å²) < 4.78 is 41.0. The molecule has 0 radical (unpaired) electrons. The first-order chi connectivity index (χ1) is 9.48. The maximum atomic E-state index is 13.1. The Morgan fingerprint density at radius 3 is 2.35 bits per heavy atom. The molecule has 0 N–H and O–H groups in total. The van der Waals surface area contributed by atoms with Crippen molar-refractivity contribution < 1.29 is 13.2 Å². The zero-order chi connectivity index (χ0) is 14.3. The fourth-order valence-electron chi connectivity index (χ4n) is 2.36. The number of para-hydroxylation sites is 3. The van der Waals surface area contributed by atoms with Crippen LogP contribution in [0.2, 0.25) is 0 Å². The van der Waals surface area contributed by atoms with Gasteiger partial charge in [0.2, 0.25) is 0 Å². The third-order valence-corrected chi connectivity index (χ3v) is 3.18. The molecule has 2 nitrogen and oxygen atoms in total. The average molecular weight is 276 g/mol. The summed E-state index contributed by atoms with van der Waals surface area (Å²) in [6, 6.07) is 12.7. The van der Waals surface area contributed by atoms with Crippen molar-refractivity contribution in [2.45, 2.75) is 13.1 Å². The van der Waals surface area contributed by atoms with Gasteiger partial charge in [0.1, 0.15) is 5.82 Å². The van der Waals surface area contributed by atoms with Gasteiger partial charge in [0, 0.05) is 0 Å². The van der Waals surface area contributed by atoms with Gasteiger partial charge in [-0.15, -0.1) is 0 Å². The standard InChI is InChI=1S/C15H11F3N2/c1-10-19-12-7-3-5-9-14(12)20(10)13-8-4-2-6-11(13)15(16,17)18/h2-9H,1H3. The van der Waals surface area contributed by atoms with E-state index < -0.39 is 11.7 Å². The van der Waals surface area contributed by atoms with E-state index in [0.29, 0.717) is 16.9 Å². The molecule has 5 heteroatoms. The summed E-state index contributed by atoms with van der Waals surface area (Å²) in [6.45, 7) is 1.70. The van der Waals surface area contributed by atoms with Crippen LogP contribution in [0.5, 0.6) is 0 Å². The van der Waals surface area contributed by atoms with Gasteiger partial charge in [0.05, 0.1) is 22.3 Å². The maximum Gasteiger partial charge on any atom is 0.418 e. The first-order valence-electron chi connectivity index (χ1n) is 6.09. The molecule has 3 aromatic rings. The van der Waals surface area contributed by atoms with E-state index in [4.69, 9.17) is 0 Å².